The maximum atomic E-state index is 9.63. The Morgan fingerprint density at radius 2 is 1.90 bits per heavy atom. The zero-order valence-corrected chi connectivity index (χ0v) is 21.6. The molecule has 1 saturated carbocycles. The number of aliphatic imine (C=N–C) groups is 1. The van der Waals surface area contributed by atoms with E-state index in [-0.39, 0.29) is 30.1 Å². The Labute approximate surface area is 205 Å². The summed E-state index contributed by atoms with van der Waals surface area (Å²) in [5, 5.41) is 16.4. The Hall–Kier alpha value is -1.06. The molecule has 176 valence electrons. The summed E-state index contributed by atoms with van der Waals surface area (Å²) in [6, 6.07) is 6.44. The van der Waals surface area contributed by atoms with Gasteiger partial charge in [-0.2, -0.15) is 0 Å². The standard InChI is InChI=1S/C24H40N4O2.HI/c1-3-25-24(26-13-6-14-28-15-11-21(29)12-16-28)27-18-20-10-9-19(2)17-23(20)30-22-7-4-5-8-22;/h9-10,17,21-22,29H,3-8,11-16,18H2,1-2H3,(H2,25,26,27);1H. The lowest BCUT2D eigenvalue weighted by Gasteiger charge is -2.29. The molecule has 2 fully saturated rings. The van der Waals surface area contributed by atoms with E-state index in [1.807, 2.05) is 0 Å². The molecule has 0 amide bonds. The van der Waals surface area contributed by atoms with E-state index < -0.39 is 0 Å². The third-order valence-corrected chi connectivity index (χ3v) is 6.07. The summed E-state index contributed by atoms with van der Waals surface area (Å²) in [5.74, 6) is 1.85. The second-order valence-corrected chi connectivity index (χ2v) is 8.68. The van der Waals surface area contributed by atoms with Gasteiger partial charge in [-0.25, -0.2) is 4.99 Å². The average molecular weight is 545 g/mol. The van der Waals surface area contributed by atoms with Crippen molar-refractivity contribution in [3.63, 3.8) is 0 Å². The summed E-state index contributed by atoms with van der Waals surface area (Å²) in [7, 11) is 0. The van der Waals surface area contributed by atoms with Crippen LogP contribution in [0, 0.1) is 6.92 Å². The van der Waals surface area contributed by atoms with Crippen LogP contribution < -0.4 is 15.4 Å². The highest BCUT2D eigenvalue weighted by Crippen LogP contribution is 2.28. The molecule has 3 rings (SSSR count). The largest absolute Gasteiger partial charge is 0.490 e. The van der Waals surface area contributed by atoms with Crippen LogP contribution in [0.25, 0.3) is 0 Å². The molecule has 0 atom stereocenters. The third kappa shape index (κ3) is 9.14. The van der Waals surface area contributed by atoms with Crippen molar-refractivity contribution >= 4 is 29.9 Å². The quantitative estimate of drug-likeness (QED) is 0.191. The van der Waals surface area contributed by atoms with E-state index in [2.05, 4.69) is 47.6 Å². The predicted molar refractivity (Wildman–Crippen MR) is 139 cm³/mol. The molecule has 1 aromatic rings. The number of likely N-dealkylation sites (tertiary alicyclic amines) is 1. The van der Waals surface area contributed by atoms with Crippen LogP contribution in [0.2, 0.25) is 0 Å². The number of aliphatic hydroxyl groups excluding tert-OH is 1. The van der Waals surface area contributed by atoms with Crippen molar-refractivity contribution in [3.8, 4) is 5.75 Å². The zero-order chi connectivity index (χ0) is 21.2. The van der Waals surface area contributed by atoms with Crippen molar-refractivity contribution in [2.45, 2.75) is 77.5 Å². The number of aliphatic hydroxyl groups is 1. The summed E-state index contributed by atoms with van der Waals surface area (Å²) in [6.45, 7) is 9.64. The Morgan fingerprint density at radius 3 is 2.61 bits per heavy atom. The molecule has 1 aliphatic carbocycles. The van der Waals surface area contributed by atoms with Gasteiger partial charge in [-0.3, -0.25) is 0 Å². The molecule has 0 bridgehead atoms. The van der Waals surface area contributed by atoms with E-state index >= 15 is 0 Å². The van der Waals surface area contributed by atoms with Gasteiger partial charge in [-0.1, -0.05) is 12.1 Å². The number of rotatable bonds is 9. The van der Waals surface area contributed by atoms with Crippen LogP contribution in [0.3, 0.4) is 0 Å². The first-order chi connectivity index (χ1) is 14.6. The first-order valence-corrected chi connectivity index (χ1v) is 11.8. The third-order valence-electron chi connectivity index (χ3n) is 6.07. The van der Waals surface area contributed by atoms with E-state index in [9.17, 15) is 5.11 Å². The molecule has 1 heterocycles. The monoisotopic (exact) mass is 544 g/mol. The van der Waals surface area contributed by atoms with Gasteiger partial charge in [0.25, 0.3) is 0 Å². The van der Waals surface area contributed by atoms with Gasteiger partial charge < -0.3 is 25.4 Å². The Balaban J connectivity index is 0.00000341. The number of piperidine rings is 1. The van der Waals surface area contributed by atoms with Gasteiger partial charge in [0.1, 0.15) is 5.75 Å². The predicted octanol–water partition coefficient (Wildman–Crippen LogP) is 3.84. The molecule has 0 aromatic heterocycles. The summed E-state index contributed by atoms with van der Waals surface area (Å²) in [6.07, 6.45) is 8.01. The smallest absolute Gasteiger partial charge is 0.191 e. The lowest BCUT2D eigenvalue weighted by atomic mass is 10.1. The Kier molecular flexibility index (Phi) is 12.0. The highest BCUT2D eigenvalue weighted by atomic mass is 127. The lowest BCUT2D eigenvalue weighted by molar-refractivity contribution is 0.0823. The van der Waals surface area contributed by atoms with Gasteiger partial charge in [-0.05, 0) is 77.0 Å². The summed E-state index contributed by atoms with van der Waals surface area (Å²) in [4.78, 5) is 7.25. The van der Waals surface area contributed by atoms with Gasteiger partial charge in [-0.15, -0.1) is 24.0 Å². The highest BCUT2D eigenvalue weighted by Gasteiger charge is 2.18. The minimum Gasteiger partial charge on any atom is -0.490 e. The van der Waals surface area contributed by atoms with Crippen molar-refractivity contribution in [3.05, 3.63) is 29.3 Å². The number of halogens is 1. The molecule has 1 saturated heterocycles. The van der Waals surface area contributed by atoms with E-state index in [4.69, 9.17) is 9.73 Å². The fourth-order valence-corrected chi connectivity index (χ4v) is 4.25. The molecule has 1 aliphatic heterocycles. The maximum absolute atomic E-state index is 9.63. The van der Waals surface area contributed by atoms with Crippen molar-refractivity contribution in [1.29, 1.82) is 0 Å². The highest BCUT2D eigenvalue weighted by molar-refractivity contribution is 14.0. The van der Waals surface area contributed by atoms with Crippen LogP contribution in [0.15, 0.2) is 23.2 Å². The lowest BCUT2D eigenvalue weighted by Crippen LogP contribution is -2.40. The van der Waals surface area contributed by atoms with E-state index in [0.717, 1.165) is 82.1 Å². The van der Waals surface area contributed by atoms with Crippen LogP contribution in [0.1, 0.15) is 63.0 Å². The maximum Gasteiger partial charge on any atom is 0.191 e. The number of nitrogens with one attached hydrogen (secondary N) is 2. The number of aryl methyl sites for hydroxylation is 1. The van der Waals surface area contributed by atoms with Crippen molar-refractivity contribution < 1.29 is 9.84 Å². The second-order valence-electron chi connectivity index (χ2n) is 8.68. The number of hydrogen-bond donors (Lipinski definition) is 3. The van der Waals surface area contributed by atoms with Crippen LogP contribution in [-0.4, -0.2) is 60.9 Å². The van der Waals surface area contributed by atoms with Gasteiger partial charge in [0.15, 0.2) is 5.96 Å². The Bertz CT molecular complexity index is 672. The number of guanidine groups is 1. The van der Waals surface area contributed by atoms with Gasteiger partial charge in [0.2, 0.25) is 0 Å². The molecule has 2 aliphatic rings. The molecule has 1 aromatic carbocycles. The van der Waals surface area contributed by atoms with E-state index in [1.165, 1.54) is 18.4 Å². The number of benzene rings is 1. The average Bonchev–Trinajstić information content (AvgIpc) is 3.25. The zero-order valence-electron chi connectivity index (χ0n) is 19.2. The minimum atomic E-state index is -0.101. The molecule has 7 heteroatoms. The van der Waals surface area contributed by atoms with Gasteiger partial charge in [0.05, 0.1) is 18.8 Å². The molecule has 31 heavy (non-hydrogen) atoms. The summed E-state index contributed by atoms with van der Waals surface area (Å²) in [5.41, 5.74) is 2.38. The number of nitrogens with zero attached hydrogens (tertiary/aromatic N) is 2. The molecule has 6 nitrogen and oxygen atoms in total. The van der Waals surface area contributed by atoms with Crippen LogP contribution in [0.4, 0.5) is 0 Å². The van der Waals surface area contributed by atoms with E-state index in [0.29, 0.717) is 12.6 Å². The fourth-order valence-electron chi connectivity index (χ4n) is 4.25. The number of hydrogen-bond acceptors (Lipinski definition) is 4. The van der Waals surface area contributed by atoms with Gasteiger partial charge >= 0.3 is 0 Å². The van der Waals surface area contributed by atoms with Crippen molar-refractivity contribution in [2.75, 3.05) is 32.7 Å². The number of ether oxygens (including phenoxy) is 1. The first-order valence-electron chi connectivity index (χ1n) is 11.8. The normalized spacial score (nSPS) is 18.6. The fraction of sp³-hybridized carbons (Fsp3) is 0.708. The molecular weight excluding hydrogens is 503 g/mol. The first kappa shape index (κ1) is 26.2. The molecule has 0 unspecified atom stereocenters. The van der Waals surface area contributed by atoms with Crippen molar-refractivity contribution in [1.82, 2.24) is 15.5 Å². The van der Waals surface area contributed by atoms with Crippen LogP contribution in [0.5, 0.6) is 5.75 Å². The summed E-state index contributed by atoms with van der Waals surface area (Å²) >= 11 is 0. The van der Waals surface area contributed by atoms with Gasteiger partial charge in [0, 0.05) is 31.7 Å². The summed E-state index contributed by atoms with van der Waals surface area (Å²) < 4.78 is 6.32. The molecule has 0 radical (unpaired) electrons. The molecular formula is C24H41IN4O2. The molecule has 3 N–H and O–H groups in total. The minimum absolute atomic E-state index is 0. The molecule has 0 spiro atoms. The van der Waals surface area contributed by atoms with E-state index in [1.54, 1.807) is 0 Å². The topological polar surface area (TPSA) is 69.1 Å². The Morgan fingerprint density at radius 1 is 1.16 bits per heavy atom. The van der Waals surface area contributed by atoms with Crippen molar-refractivity contribution in [2.24, 2.45) is 4.99 Å². The van der Waals surface area contributed by atoms with Crippen LogP contribution in [-0.2, 0) is 6.54 Å². The van der Waals surface area contributed by atoms with Crippen LogP contribution >= 0.6 is 24.0 Å². The second kappa shape index (κ2) is 14.2. The SMILES string of the molecule is CCNC(=NCc1ccc(C)cc1OC1CCCC1)NCCCN1CCC(O)CC1.I.